The van der Waals surface area contributed by atoms with Gasteiger partial charge in [-0.1, -0.05) is 18.1 Å². The third-order valence-corrected chi connectivity index (χ3v) is 4.35. The first kappa shape index (κ1) is 14.4. The Morgan fingerprint density at radius 3 is 2.68 bits per heavy atom. The molecule has 2 aromatic rings. The van der Waals surface area contributed by atoms with Gasteiger partial charge in [-0.2, -0.15) is 0 Å². The molecule has 0 aliphatic carbocycles. The van der Waals surface area contributed by atoms with Gasteiger partial charge in [0.2, 0.25) is 0 Å². The summed E-state index contributed by atoms with van der Waals surface area (Å²) in [5.41, 5.74) is 7.10. The Bertz CT molecular complexity index is 709. The van der Waals surface area contributed by atoms with Gasteiger partial charge in [-0.15, -0.1) is 11.3 Å². The summed E-state index contributed by atoms with van der Waals surface area (Å²) in [6, 6.07) is 7.30. The number of carbonyl (C=O) groups is 1. The fraction of sp³-hybridized carbons (Fsp3) is 0.250. The van der Waals surface area contributed by atoms with E-state index >= 15 is 0 Å². The Morgan fingerprint density at radius 1 is 1.23 bits per heavy atom. The van der Waals surface area contributed by atoms with E-state index in [9.17, 15) is 4.79 Å². The Morgan fingerprint density at radius 2 is 2.00 bits per heavy atom. The number of para-hydroxylation sites is 1. The van der Waals surface area contributed by atoms with Crippen molar-refractivity contribution in [3.8, 4) is 11.8 Å². The van der Waals surface area contributed by atoms with Gasteiger partial charge in [0.15, 0.2) is 5.13 Å². The molecule has 112 valence electrons. The van der Waals surface area contributed by atoms with E-state index in [0.29, 0.717) is 24.3 Å². The Balaban J connectivity index is 1.60. The van der Waals surface area contributed by atoms with Gasteiger partial charge < -0.3 is 15.5 Å². The number of piperazine rings is 1. The van der Waals surface area contributed by atoms with Crippen LogP contribution < -0.4 is 10.6 Å². The second-order valence-corrected chi connectivity index (χ2v) is 5.80. The summed E-state index contributed by atoms with van der Waals surface area (Å²) in [6.07, 6.45) is 1.80. The van der Waals surface area contributed by atoms with Crippen molar-refractivity contribution < 1.29 is 4.79 Å². The van der Waals surface area contributed by atoms with Gasteiger partial charge in [0.05, 0.1) is 0 Å². The highest BCUT2D eigenvalue weighted by molar-refractivity contribution is 7.13. The van der Waals surface area contributed by atoms with E-state index in [1.165, 1.54) is 0 Å². The van der Waals surface area contributed by atoms with Crippen LogP contribution in [0.25, 0.3) is 0 Å². The van der Waals surface area contributed by atoms with Crippen LogP contribution in [-0.4, -0.2) is 42.0 Å². The van der Waals surface area contributed by atoms with Gasteiger partial charge in [-0.25, -0.2) is 4.98 Å². The van der Waals surface area contributed by atoms with E-state index < -0.39 is 0 Å². The van der Waals surface area contributed by atoms with Gasteiger partial charge in [0, 0.05) is 54.9 Å². The summed E-state index contributed by atoms with van der Waals surface area (Å²) in [7, 11) is 0. The molecule has 3 rings (SSSR count). The number of benzene rings is 1. The predicted octanol–water partition coefficient (Wildman–Crippen LogP) is 1.43. The molecule has 1 amide bonds. The molecule has 1 aromatic heterocycles. The van der Waals surface area contributed by atoms with Crippen molar-refractivity contribution in [3.63, 3.8) is 0 Å². The van der Waals surface area contributed by atoms with Crippen molar-refractivity contribution in [2.24, 2.45) is 0 Å². The van der Waals surface area contributed by atoms with E-state index in [4.69, 9.17) is 5.73 Å². The first-order valence-electron chi connectivity index (χ1n) is 7.04. The fourth-order valence-corrected chi connectivity index (χ4v) is 2.98. The molecule has 5 nitrogen and oxygen atoms in total. The zero-order chi connectivity index (χ0) is 15.4. The SMILES string of the molecule is Nc1ccccc1C#CC(=O)N1CCN(c2nccs2)CC1. The molecular weight excluding hydrogens is 296 g/mol. The highest BCUT2D eigenvalue weighted by atomic mass is 32.1. The van der Waals surface area contributed by atoms with Crippen LogP contribution in [0.2, 0.25) is 0 Å². The zero-order valence-corrected chi connectivity index (χ0v) is 12.8. The quantitative estimate of drug-likeness (QED) is 0.639. The number of thiazole rings is 1. The molecule has 0 saturated carbocycles. The minimum Gasteiger partial charge on any atom is -0.398 e. The molecular formula is C16H16N4OS. The summed E-state index contributed by atoms with van der Waals surface area (Å²) in [5, 5.41) is 2.97. The lowest BCUT2D eigenvalue weighted by molar-refractivity contribution is -0.125. The number of nitrogen functional groups attached to an aromatic ring is 1. The van der Waals surface area contributed by atoms with Crippen LogP contribution in [0.1, 0.15) is 5.56 Å². The third-order valence-electron chi connectivity index (χ3n) is 3.52. The molecule has 2 N–H and O–H groups in total. The largest absolute Gasteiger partial charge is 0.398 e. The number of hydrogen-bond donors (Lipinski definition) is 1. The lowest BCUT2D eigenvalue weighted by Crippen LogP contribution is -2.48. The van der Waals surface area contributed by atoms with E-state index in [0.717, 1.165) is 18.2 Å². The molecule has 0 unspecified atom stereocenters. The number of aromatic nitrogens is 1. The molecule has 1 aliphatic heterocycles. The normalized spacial score (nSPS) is 14.4. The summed E-state index contributed by atoms with van der Waals surface area (Å²) < 4.78 is 0. The maximum atomic E-state index is 12.2. The van der Waals surface area contributed by atoms with Crippen LogP contribution in [0, 0.1) is 11.8 Å². The third kappa shape index (κ3) is 3.21. The van der Waals surface area contributed by atoms with E-state index in [1.807, 2.05) is 23.6 Å². The molecule has 0 atom stereocenters. The van der Waals surface area contributed by atoms with Crippen molar-refractivity contribution in [3.05, 3.63) is 41.4 Å². The van der Waals surface area contributed by atoms with E-state index in [-0.39, 0.29) is 5.91 Å². The first-order chi connectivity index (χ1) is 10.7. The number of hydrogen-bond acceptors (Lipinski definition) is 5. The molecule has 1 aliphatic rings. The zero-order valence-electron chi connectivity index (χ0n) is 12.0. The molecule has 0 radical (unpaired) electrons. The van der Waals surface area contributed by atoms with Gasteiger partial charge in [-0.3, -0.25) is 4.79 Å². The summed E-state index contributed by atoms with van der Waals surface area (Å²) in [4.78, 5) is 20.4. The van der Waals surface area contributed by atoms with Crippen LogP contribution in [0.15, 0.2) is 35.8 Å². The van der Waals surface area contributed by atoms with E-state index in [2.05, 4.69) is 21.7 Å². The van der Waals surface area contributed by atoms with Crippen LogP contribution in [0.3, 0.4) is 0 Å². The molecule has 22 heavy (non-hydrogen) atoms. The average Bonchev–Trinajstić information content (AvgIpc) is 3.08. The highest BCUT2D eigenvalue weighted by Gasteiger charge is 2.21. The Kier molecular flexibility index (Phi) is 4.26. The first-order valence-corrected chi connectivity index (χ1v) is 7.92. The minimum absolute atomic E-state index is 0.151. The van der Waals surface area contributed by atoms with Crippen molar-refractivity contribution in [1.29, 1.82) is 0 Å². The maximum Gasteiger partial charge on any atom is 0.298 e. The molecule has 2 heterocycles. The lowest BCUT2D eigenvalue weighted by atomic mass is 10.2. The molecule has 1 fully saturated rings. The fourth-order valence-electron chi connectivity index (χ4n) is 2.28. The number of carbonyl (C=O) groups excluding carboxylic acids is 1. The monoisotopic (exact) mass is 312 g/mol. The van der Waals surface area contributed by atoms with Gasteiger partial charge in [0.1, 0.15) is 0 Å². The van der Waals surface area contributed by atoms with Crippen molar-refractivity contribution in [2.75, 3.05) is 36.8 Å². The van der Waals surface area contributed by atoms with E-state index in [1.54, 1.807) is 28.5 Å². The van der Waals surface area contributed by atoms with Gasteiger partial charge >= 0.3 is 0 Å². The number of nitrogens with zero attached hydrogens (tertiary/aromatic N) is 3. The number of amides is 1. The smallest absolute Gasteiger partial charge is 0.298 e. The predicted molar refractivity (Wildman–Crippen MR) is 88.6 cm³/mol. The van der Waals surface area contributed by atoms with Crippen LogP contribution in [0.5, 0.6) is 0 Å². The average molecular weight is 312 g/mol. The van der Waals surface area contributed by atoms with Crippen LogP contribution >= 0.6 is 11.3 Å². The van der Waals surface area contributed by atoms with Gasteiger partial charge in [0.25, 0.3) is 5.91 Å². The second-order valence-electron chi connectivity index (χ2n) is 4.93. The lowest BCUT2D eigenvalue weighted by Gasteiger charge is -2.33. The maximum absolute atomic E-state index is 12.2. The summed E-state index contributed by atoms with van der Waals surface area (Å²) >= 11 is 1.62. The minimum atomic E-state index is -0.151. The summed E-state index contributed by atoms with van der Waals surface area (Å²) in [5.74, 6) is 5.39. The summed E-state index contributed by atoms with van der Waals surface area (Å²) in [6.45, 7) is 2.90. The van der Waals surface area contributed by atoms with Crippen molar-refractivity contribution in [2.45, 2.75) is 0 Å². The van der Waals surface area contributed by atoms with Gasteiger partial charge in [-0.05, 0) is 12.1 Å². The molecule has 0 spiro atoms. The second kappa shape index (κ2) is 6.50. The Hall–Kier alpha value is -2.52. The van der Waals surface area contributed by atoms with Crippen molar-refractivity contribution in [1.82, 2.24) is 9.88 Å². The Labute approximate surface area is 133 Å². The molecule has 0 bridgehead atoms. The molecule has 6 heteroatoms. The topological polar surface area (TPSA) is 62.5 Å². The highest BCUT2D eigenvalue weighted by Crippen LogP contribution is 2.18. The number of anilines is 2. The van der Waals surface area contributed by atoms with Crippen LogP contribution in [-0.2, 0) is 4.79 Å². The molecule has 1 aromatic carbocycles. The molecule has 1 saturated heterocycles. The van der Waals surface area contributed by atoms with Crippen LogP contribution in [0.4, 0.5) is 10.8 Å². The van der Waals surface area contributed by atoms with Crippen molar-refractivity contribution >= 4 is 28.1 Å². The number of rotatable bonds is 1. The standard InChI is InChI=1S/C16H16N4OS/c17-14-4-2-1-3-13(14)5-6-15(21)19-8-10-20(11-9-19)16-18-7-12-22-16/h1-4,7,12H,8-11,17H2. The number of nitrogens with two attached hydrogens (primary N) is 1.